The van der Waals surface area contributed by atoms with E-state index in [1.807, 2.05) is 0 Å². The van der Waals surface area contributed by atoms with E-state index in [0.717, 1.165) is 13.1 Å². The predicted octanol–water partition coefficient (Wildman–Crippen LogP) is 3.62. The molecule has 0 rings (SSSR count). The Morgan fingerprint density at radius 1 is 0.929 bits per heavy atom. The summed E-state index contributed by atoms with van der Waals surface area (Å²) in [5.41, 5.74) is 0. The smallest absolute Gasteiger partial charge is 0.0336 e. The minimum Gasteiger partial charge on any atom is -0.301 e. The summed E-state index contributed by atoms with van der Waals surface area (Å²) in [6.45, 7) is 15.7. The van der Waals surface area contributed by atoms with Crippen LogP contribution in [0.15, 0.2) is 0 Å². The van der Waals surface area contributed by atoms with Gasteiger partial charge >= 0.3 is 0 Å². The average Bonchev–Trinajstić information content (AvgIpc) is 2.17. The minimum atomic E-state index is 0.267. The molecule has 4 unspecified atom stereocenters. The van der Waals surface area contributed by atoms with E-state index >= 15 is 0 Å². The van der Waals surface area contributed by atoms with E-state index < -0.39 is 0 Å². The van der Waals surface area contributed by atoms with Crippen LogP contribution in [0.5, 0.6) is 0 Å². The molecule has 0 radical (unpaired) electrons. The van der Waals surface area contributed by atoms with Crippen molar-refractivity contribution in [2.24, 2.45) is 11.8 Å². The largest absolute Gasteiger partial charge is 0.301 e. The highest BCUT2D eigenvalue weighted by Gasteiger charge is 2.25. The molecule has 0 amide bonds. The second kappa shape index (κ2) is 6.68. The zero-order valence-electron chi connectivity index (χ0n) is 10.5. The zero-order valence-corrected chi connectivity index (χ0v) is 11.3. The van der Waals surface area contributed by atoms with E-state index in [1.54, 1.807) is 0 Å². The van der Waals surface area contributed by atoms with E-state index in [2.05, 4.69) is 46.4 Å². The zero-order chi connectivity index (χ0) is 11.3. The van der Waals surface area contributed by atoms with E-state index in [-0.39, 0.29) is 5.38 Å². The Bertz CT molecular complexity index is 137. The number of alkyl halides is 1. The van der Waals surface area contributed by atoms with Crippen LogP contribution >= 0.6 is 11.6 Å². The molecule has 0 spiro atoms. The van der Waals surface area contributed by atoms with Gasteiger partial charge in [-0.2, -0.15) is 0 Å². The second-order valence-electron chi connectivity index (χ2n) is 4.36. The Morgan fingerprint density at radius 3 is 1.64 bits per heavy atom. The molecule has 0 N–H and O–H groups in total. The molecule has 14 heavy (non-hydrogen) atoms. The van der Waals surface area contributed by atoms with Crippen LogP contribution in [0.25, 0.3) is 0 Å². The fraction of sp³-hybridized carbons (Fsp3) is 1.00. The van der Waals surface area contributed by atoms with Crippen molar-refractivity contribution in [3.05, 3.63) is 0 Å². The Labute approximate surface area is 94.8 Å². The number of hydrogen-bond donors (Lipinski definition) is 0. The molecule has 0 aliphatic carbocycles. The molecule has 0 saturated carbocycles. The lowest BCUT2D eigenvalue weighted by Gasteiger charge is -2.35. The van der Waals surface area contributed by atoms with E-state index in [9.17, 15) is 0 Å². The molecule has 4 atom stereocenters. The lowest BCUT2D eigenvalue weighted by Crippen LogP contribution is -2.40. The predicted molar refractivity (Wildman–Crippen MR) is 66.0 cm³/mol. The van der Waals surface area contributed by atoms with Crippen molar-refractivity contribution in [3.8, 4) is 0 Å². The molecule has 2 heteroatoms. The standard InChI is InChI=1S/C12H26ClN/c1-7-14(8-2)12(6)10(4)9(3)11(5)13/h9-12H,7-8H2,1-6H3. The monoisotopic (exact) mass is 219 g/mol. The first kappa shape index (κ1) is 14.2. The molecular weight excluding hydrogens is 194 g/mol. The highest BCUT2D eigenvalue weighted by Crippen LogP contribution is 2.24. The first-order valence-corrected chi connectivity index (χ1v) is 6.27. The van der Waals surface area contributed by atoms with Crippen molar-refractivity contribution in [1.29, 1.82) is 0 Å². The summed E-state index contributed by atoms with van der Waals surface area (Å²) in [6, 6.07) is 0.626. The molecule has 0 aliphatic heterocycles. The van der Waals surface area contributed by atoms with Gasteiger partial charge in [-0.1, -0.05) is 27.7 Å². The highest BCUT2D eigenvalue weighted by atomic mass is 35.5. The van der Waals surface area contributed by atoms with Gasteiger partial charge in [0, 0.05) is 11.4 Å². The number of hydrogen-bond acceptors (Lipinski definition) is 1. The third-order valence-electron chi connectivity index (χ3n) is 3.70. The Kier molecular flexibility index (Phi) is 6.80. The summed E-state index contributed by atoms with van der Waals surface area (Å²) < 4.78 is 0. The van der Waals surface area contributed by atoms with Gasteiger partial charge in [-0.3, -0.25) is 0 Å². The fourth-order valence-corrected chi connectivity index (χ4v) is 2.22. The van der Waals surface area contributed by atoms with E-state index in [1.165, 1.54) is 0 Å². The number of halogens is 1. The average molecular weight is 220 g/mol. The van der Waals surface area contributed by atoms with E-state index in [0.29, 0.717) is 17.9 Å². The van der Waals surface area contributed by atoms with Crippen molar-refractivity contribution < 1.29 is 0 Å². The van der Waals surface area contributed by atoms with Crippen LogP contribution in [0, 0.1) is 11.8 Å². The van der Waals surface area contributed by atoms with Crippen LogP contribution in [0.2, 0.25) is 0 Å². The molecule has 0 aromatic rings. The topological polar surface area (TPSA) is 3.24 Å². The van der Waals surface area contributed by atoms with Crippen LogP contribution in [-0.2, 0) is 0 Å². The molecule has 86 valence electrons. The Morgan fingerprint density at radius 2 is 1.36 bits per heavy atom. The lowest BCUT2D eigenvalue weighted by molar-refractivity contribution is 0.145. The summed E-state index contributed by atoms with van der Waals surface area (Å²) in [7, 11) is 0. The summed E-state index contributed by atoms with van der Waals surface area (Å²) in [5.74, 6) is 1.23. The summed E-state index contributed by atoms with van der Waals surface area (Å²) >= 11 is 6.14. The van der Waals surface area contributed by atoms with Crippen LogP contribution in [0.4, 0.5) is 0 Å². The highest BCUT2D eigenvalue weighted by molar-refractivity contribution is 6.20. The van der Waals surface area contributed by atoms with Gasteiger partial charge in [0.05, 0.1) is 0 Å². The minimum absolute atomic E-state index is 0.267. The molecule has 0 aromatic carbocycles. The number of nitrogens with zero attached hydrogens (tertiary/aromatic N) is 1. The molecule has 0 aliphatic rings. The van der Waals surface area contributed by atoms with Crippen LogP contribution < -0.4 is 0 Å². The molecule has 1 nitrogen and oxygen atoms in total. The van der Waals surface area contributed by atoms with Gasteiger partial charge in [0.1, 0.15) is 0 Å². The quantitative estimate of drug-likeness (QED) is 0.617. The van der Waals surface area contributed by atoms with Gasteiger partial charge < -0.3 is 4.90 Å². The Balaban J connectivity index is 4.28. The van der Waals surface area contributed by atoms with Gasteiger partial charge in [-0.05, 0) is 38.8 Å². The summed E-state index contributed by atoms with van der Waals surface area (Å²) in [5, 5.41) is 0.267. The van der Waals surface area contributed by atoms with Gasteiger partial charge in [0.2, 0.25) is 0 Å². The van der Waals surface area contributed by atoms with Crippen molar-refractivity contribution in [1.82, 2.24) is 4.90 Å². The van der Waals surface area contributed by atoms with Gasteiger partial charge in [-0.15, -0.1) is 11.6 Å². The van der Waals surface area contributed by atoms with Crippen molar-refractivity contribution in [3.63, 3.8) is 0 Å². The van der Waals surface area contributed by atoms with E-state index in [4.69, 9.17) is 11.6 Å². The van der Waals surface area contributed by atoms with Gasteiger partial charge in [0.25, 0.3) is 0 Å². The van der Waals surface area contributed by atoms with Crippen molar-refractivity contribution >= 4 is 11.6 Å². The molecule has 0 aromatic heterocycles. The summed E-state index contributed by atoms with van der Waals surface area (Å²) in [6.07, 6.45) is 0. The SMILES string of the molecule is CCN(CC)C(C)C(C)C(C)C(C)Cl. The summed E-state index contributed by atoms with van der Waals surface area (Å²) in [4.78, 5) is 2.50. The van der Waals surface area contributed by atoms with Crippen LogP contribution in [-0.4, -0.2) is 29.4 Å². The van der Waals surface area contributed by atoms with Crippen molar-refractivity contribution in [2.45, 2.75) is 53.0 Å². The molecule has 0 heterocycles. The van der Waals surface area contributed by atoms with Gasteiger partial charge in [-0.25, -0.2) is 0 Å². The normalized spacial score (nSPS) is 20.6. The molecule has 0 fully saturated rings. The maximum atomic E-state index is 6.14. The van der Waals surface area contributed by atoms with Crippen molar-refractivity contribution in [2.75, 3.05) is 13.1 Å². The third kappa shape index (κ3) is 3.78. The second-order valence-corrected chi connectivity index (χ2v) is 5.05. The third-order valence-corrected chi connectivity index (χ3v) is 4.10. The first-order chi connectivity index (χ1) is 6.45. The number of rotatable bonds is 6. The Hall–Kier alpha value is 0.250. The van der Waals surface area contributed by atoms with Crippen LogP contribution in [0.3, 0.4) is 0 Å². The molecule has 0 bridgehead atoms. The maximum Gasteiger partial charge on any atom is 0.0336 e. The maximum absolute atomic E-state index is 6.14. The fourth-order valence-electron chi connectivity index (χ4n) is 1.99. The molecule has 0 saturated heterocycles. The van der Waals surface area contributed by atoms with Gasteiger partial charge in [0.15, 0.2) is 0 Å². The molecular formula is C12H26ClN. The first-order valence-electron chi connectivity index (χ1n) is 5.83. The van der Waals surface area contributed by atoms with Crippen LogP contribution in [0.1, 0.15) is 41.5 Å². The lowest BCUT2D eigenvalue weighted by atomic mass is 9.87.